The molecule has 6 rings (SSSR count). The molecule has 0 saturated heterocycles. The maximum Gasteiger partial charge on any atom is 0.420 e. The summed E-state index contributed by atoms with van der Waals surface area (Å²) in [6.07, 6.45) is 1.47. The minimum absolute atomic E-state index is 0.253. The topological polar surface area (TPSA) is 148 Å². The number of nitrogens with zero attached hydrogens (tertiary/aromatic N) is 3. The number of ether oxygens (including phenoxy) is 2. The van der Waals surface area contributed by atoms with E-state index in [4.69, 9.17) is 19.2 Å². The Kier molecular flexibility index (Phi) is 7.74. The number of methoxy groups -OCH3 is 1. The van der Waals surface area contributed by atoms with Crippen LogP contribution in [0.3, 0.4) is 0 Å². The second-order valence-corrected chi connectivity index (χ2v) is 12.4. The number of benzene rings is 3. The van der Waals surface area contributed by atoms with E-state index in [0.717, 1.165) is 28.0 Å². The molecule has 0 radical (unpaired) electrons. The van der Waals surface area contributed by atoms with E-state index < -0.39 is 17.5 Å². The first-order valence-electron chi connectivity index (χ1n) is 14.8. The van der Waals surface area contributed by atoms with Gasteiger partial charge in [-0.05, 0) is 104 Å². The number of oxazole rings is 1. The number of carbonyl (C=O) groups is 2. The number of hydrogen-bond donors (Lipinski definition) is 2. The highest BCUT2D eigenvalue weighted by molar-refractivity contribution is 6.04. The van der Waals surface area contributed by atoms with Gasteiger partial charge in [0.05, 0.1) is 42.8 Å². The first-order valence-corrected chi connectivity index (χ1v) is 14.8. The van der Waals surface area contributed by atoms with Crippen LogP contribution in [0.4, 0.5) is 16.3 Å². The van der Waals surface area contributed by atoms with E-state index in [1.54, 1.807) is 44.7 Å². The van der Waals surface area contributed by atoms with Gasteiger partial charge in [-0.15, -0.1) is 0 Å². The standard InChI is InChI=1S/C35H33N5O6/c1-19-10-29-30(45-34(43)40(29)18-20-6-8-24(44-5)9-7-20)15-25(19)21-11-22-14-31(39-32(41)26-12-23(26)16-36)37-17-27(22)28(13-21)38-33(42)46-35(2,3)4/h6-11,13-15,17,23,26H,12,18H2,1-5H3,(H,38,42)(H,37,39,41)/t23-,26+/m0/s1. The molecule has 0 aliphatic heterocycles. The van der Waals surface area contributed by atoms with Gasteiger partial charge in [-0.25, -0.2) is 14.6 Å². The number of nitriles is 1. The van der Waals surface area contributed by atoms with Crippen LogP contribution in [0, 0.1) is 30.1 Å². The zero-order chi connectivity index (χ0) is 32.7. The molecule has 2 heterocycles. The number of aryl methyl sites for hydroxylation is 1. The maximum atomic E-state index is 13.0. The molecule has 234 valence electrons. The summed E-state index contributed by atoms with van der Waals surface area (Å²) in [5.41, 5.74) is 4.12. The summed E-state index contributed by atoms with van der Waals surface area (Å²) in [4.78, 5) is 42.8. The summed E-state index contributed by atoms with van der Waals surface area (Å²) in [7, 11) is 1.60. The van der Waals surface area contributed by atoms with Crippen LogP contribution in [0.15, 0.2) is 70.0 Å². The molecule has 0 bridgehead atoms. The Bertz CT molecular complexity index is 2100. The van der Waals surface area contributed by atoms with Crippen LogP contribution in [0.2, 0.25) is 0 Å². The van der Waals surface area contributed by atoms with Gasteiger partial charge in [-0.2, -0.15) is 5.26 Å². The third kappa shape index (κ3) is 6.28. The van der Waals surface area contributed by atoms with Gasteiger partial charge in [0.1, 0.15) is 17.2 Å². The first kappa shape index (κ1) is 30.4. The van der Waals surface area contributed by atoms with Crippen molar-refractivity contribution in [1.29, 1.82) is 5.26 Å². The summed E-state index contributed by atoms with van der Waals surface area (Å²) in [6, 6.07) is 18.8. The molecule has 3 aromatic carbocycles. The fourth-order valence-corrected chi connectivity index (χ4v) is 5.43. The highest BCUT2D eigenvalue weighted by Gasteiger charge is 2.43. The molecular formula is C35H33N5O6. The van der Waals surface area contributed by atoms with Crippen LogP contribution >= 0.6 is 0 Å². The Morgan fingerprint density at radius 2 is 1.87 bits per heavy atom. The van der Waals surface area contributed by atoms with Gasteiger partial charge in [0.2, 0.25) is 5.91 Å². The van der Waals surface area contributed by atoms with Gasteiger partial charge in [0, 0.05) is 11.6 Å². The van der Waals surface area contributed by atoms with Crippen molar-refractivity contribution in [3.63, 3.8) is 0 Å². The molecule has 2 N–H and O–H groups in total. The zero-order valence-corrected chi connectivity index (χ0v) is 26.1. The molecule has 1 fully saturated rings. The minimum Gasteiger partial charge on any atom is -0.497 e. The summed E-state index contributed by atoms with van der Waals surface area (Å²) < 4.78 is 18.0. The van der Waals surface area contributed by atoms with Crippen molar-refractivity contribution in [3.05, 3.63) is 82.5 Å². The van der Waals surface area contributed by atoms with Gasteiger partial charge in [0.25, 0.3) is 0 Å². The molecule has 5 aromatic rings. The summed E-state index contributed by atoms with van der Waals surface area (Å²) >= 11 is 0. The van der Waals surface area contributed by atoms with E-state index in [1.807, 2.05) is 55.5 Å². The zero-order valence-electron chi connectivity index (χ0n) is 26.1. The SMILES string of the molecule is COc1ccc(Cn2c(=O)oc3cc(-c4cc(NC(=O)OC(C)(C)C)c5cnc(NC(=O)[C@@H]6C[C@H]6C#N)cc5c4)c(C)cc32)cc1. The summed E-state index contributed by atoms with van der Waals surface area (Å²) in [5, 5.41) is 16.1. The maximum absolute atomic E-state index is 13.0. The Hall–Kier alpha value is -5.63. The van der Waals surface area contributed by atoms with Crippen molar-refractivity contribution in [2.75, 3.05) is 17.7 Å². The minimum atomic E-state index is -0.713. The highest BCUT2D eigenvalue weighted by atomic mass is 16.6. The van der Waals surface area contributed by atoms with Gasteiger partial charge < -0.3 is 19.2 Å². The van der Waals surface area contributed by atoms with Gasteiger partial charge in [-0.1, -0.05) is 12.1 Å². The number of anilines is 2. The van der Waals surface area contributed by atoms with Crippen molar-refractivity contribution in [3.8, 4) is 22.9 Å². The number of aromatic nitrogens is 2. The fraction of sp³-hybridized carbons (Fsp3) is 0.286. The summed E-state index contributed by atoms with van der Waals surface area (Å²) in [6.45, 7) is 7.60. The number of hydrogen-bond acceptors (Lipinski definition) is 8. The molecule has 11 heteroatoms. The second kappa shape index (κ2) is 11.7. The quantitative estimate of drug-likeness (QED) is 0.206. The third-order valence-corrected chi connectivity index (χ3v) is 7.84. The molecule has 46 heavy (non-hydrogen) atoms. The third-order valence-electron chi connectivity index (χ3n) is 7.84. The molecule has 0 unspecified atom stereocenters. The Balaban J connectivity index is 1.40. The number of nitrogens with one attached hydrogen (secondary N) is 2. The van der Waals surface area contributed by atoms with Crippen LogP contribution in [-0.4, -0.2) is 34.3 Å². The lowest BCUT2D eigenvalue weighted by Gasteiger charge is -2.20. The Morgan fingerprint density at radius 3 is 2.54 bits per heavy atom. The molecule has 1 saturated carbocycles. The number of carbonyl (C=O) groups excluding carboxylic acids is 2. The van der Waals surface area contributed by atoms with Crippen molar-refractivity contribution < 1.29 is 23.5 Å². The Labute approximate surface area is 264 Å². The monoisotopic (exact) mass is 619 g/mol. The number of amides is 2. The van der Waals surface area contributed by atoms with E-state index in [1.165, 1.54) is 0 Å². The predicted molar refractivity (Wildman–Crippen MR) is 174 cm³/mol. The second-order valence-electron chi connectivity index (χ2n) is 12.4. The number of rotatable bonds is 7. The first-order chi connectivity index (χ1) is 21.9. The largest absolute Gasteiger partial charge is 0.497 e. The van der Waals surface area contributed by atoms with Crippen molar-refractivity contribution in [2.45, 2.75) is 46.3 Å². The van der Waals surface area contributed by atoms with Crippen LogP contribution in [0.25, 0.3) is 33.0 Å². The van der Waals surface area contributed by atoms with E-state index in [9.17, 15) is 14.4 Å². The molecular weight excluding hydrogens is 586 g/mol. The number of pyridine rings is 1. The van der Waals surface area contributed by atoms with E-state index in [2.05, 4.69) is 21.7 Å². The van der Waals surface area contributed by atoms with Crippen LogP contribution in [0.5, 0.6) is 5.75 Å². The van der Waals surface area contributed by atoms with Crippen molar-refractivity contribution in [1.82, 2.24) is 9.55 Å². The average molecular weight is 620 g/mol. The lowest BCUT2D eigenvalue weighted by molar-refractivity contribution is -0.117. The van der Waals surface area contributed by atoms with E-state index in [0.29, 0.717) is 46.3 Å². The van der Waals surface area contributed by atoms with Crippen molar-refractivity contribution >= 4 is 45.4 Å². The van der Waals surface area contributed by atoms with E-state index in [-0.39, 0.29) is 17.7 Å². The molecule has 2 amide bonds. The van der Waals surface area contributed by atoms with Crippen LogP contribution < -0.4 is 21.1 Å². The Morgan fingerprint density at radius 1 is 1.11 bits per heavy atom. The molecule has 1 aliphatic rings. The summed E-state index contributed by atoms with van der Waals surface area (Å²) in [5.74, 6) is -0.299. The van der Waals surface area contributed by atoms with Gasteiger partial charge >= 0.3 is 11.8 Å². The molecule has 1 aliphatic carbocycles. The van der Waals surface area contributed by atoms with Crippen LogP contribution in [-0.2, 0) is 16.1 Å². The number of fused-ring (bicyclic) bond motifs is 2. The van der Waals surface area contributed by atoms with E-state index >= 15 is 0 Å². The normalized spacial score (nSPS) is 15.7. The van der Waals surface area contributed by atoms with Crippen LogP contribution in [0.1, 0.15) is 38.3 Å². The molecule has 2 aromatic heterocycles. The molecule has 11 nitrogen and oxygen atoms in total. The smallest absolute Gasteiger partial charge is 0.420 e. The van der Waals surface area contributed by atoms with Crippen molar-refractivity contribution in [2.24, 2.45) is 11.8 Å². The molecule has 2 atom stereocenters. The predicted octanol–water partition coefficient (Wildman–Crippen LogP) is 6.62. The van der Waals surface area contributed by atoms with Gasteiger partial charge in [0.15, 0.2) is 5.58 Å². The average Bonchev–Trinajstić information content (AvgIpc) is 3.74. The lowest BCUT2D eigenvalue weighted by Crippen LogP contribution is -2.27. The lowest BCUT2D eigenvalue weighted by atomic mass is 9.96. The fourth-order valence-electron chi connectivity index (χ4n) is 5.43. The molecule has 0 spiro atoms. The highest BCUT2D eigenvalue weighted by Crippen LogP contribution is 2.39. The van der Waals surface area contributed by atoms with Gasteiger partial charge in [-0.3, -0.25) is 14.7 Å².